The molecule has 3 aliphatic rings. The van der Waals surface area contributed by atoms with Crippen LogP contribution in [-0.4, -0.2) is 94.3 Å². The van der Waals surface area contributed by atoms with Crippen molar-refractivity contribution in [3.05, 3.63) is 18.5 Å². The Labute approximate surface area is 196 Å². The van der Waals surface area contributed by atoms with Gasteiger partial charge in [-0.05, 0) is 37.7 Å². The van der Waals surface area contributed by atoms with Crippen LogP contribution in [0.3, 0.4) is 0 Å². The lowest BCUT2D eigenvalue weighted by atomic mass is 9.99. The van der Waals surface area contributed by atoms with E-state index in [4.69, 9.17) is 24.5 Å². The number of carboxylic acid groups (broad SMARTS) is 2. The van der Waals surface area contributed by atoms with Gasteiger partial charge in [0.05, 0.1) is 0 Å². The molecule has 0 spiro atoms. The molecule has 2 atom stereocenters. The summed E-state index contributed by atoms with van der Waals surface area (Å²) in [6, 6.07) is 3.22. The van der Waals surface area contributed by atoms with Crippen LogP contribution in [0.5, 0.6) is 0 Å². The standard InChI is InChI=1S/C16H24N4O.2C2HF3O2/c1-6-17-16(18-7-1)20-9-3-14-15(20)2-8-19(14)12-13-4-10-21-11-5-13;2*3-2(4,5)1(6)7/h1,6-7,13-15H,2-5,8-12H2;2*(H,6,7)/t14-,15+;;/m1../s1. The molecule has 3 fully saturated rings. The van der Waals surface area contributed by atoms with Crippen LogP contribution in [0.15, 0.2) is 18.5 Å². The first-order valence-corrected chi connectivity index (χ1v) is 10.8. The third-order valence-electron chi connectivity index (χ3n) is 5.82. The first kappa shape index (κ1) is 28.6. The fourth-order valence-electron chi connectivity index (χ4n) is 4.25. The Kier molecular flexibility index (Phi) is 10.1. The Morgan fingerprint density at radius 3 is 1.86 bits per heavy atom. The van der Waals surface area contributed by atoms with E-state index in [-0.39, 0.29) is 0 Å². The number of fused-ring (bicyclic) bond motifs is 1. The van der Waals surface area contributed by atoms with Crippen LogP contribution >= 0.6 is 0 Å². The van der Waals surface area contributed by atoms with Crippen LogP contribution in [0.1, 0.15) is 25.7 Å². The van der Waals surface area contributed by atoms with Crippen molar-refractivity contribution in [3.63, 3.8) is 0 Å². The van der Waals surface area contributed by atoms with Crippen molar-refractivity contribution in [2.24, 2.45) is 5.92 Å². The summed E-state index contributed by atoms with van der Waals surface area (Å²) in [5.41, 5.74) is 0. The van der Waals surface area contributed by atoms with Crippen molar-refractivity contribution in [1.82, 2.24) is 14.9 Å². The molecule has 0 saturated carbocycles. The number of nitrogens with zero attached hydrogens (tertiary/aromatic N) is 4. The van der Waals surface area contributed by atoms with E-state index in [1.165, 1.54) is 38.8 Å². The van der Waals surface area contributed by atoms with Crippen LogP contribution in [0.2, 0.25) is 0 Å². The SMILES string of the molecule is O=C(O)C(F)(F)F.O=C(O)C(F)(F)F.c1cnc(N2CC[C@@H]3[C@@H]2CCN3CC2CCOCC2)nc1. The highest BCUT2D eigenvalue weighted by Gasteiger charge is 2.44. The molecule has 198 valence electrons. The van der Waals surface area contributed by atoms with E-state index < -0.39 is 24.3 Å². The summed E-state index contributed by atoms with van der Waals surface area (Å²) in [6.45, 7) is 5.50. The van der Waals surface area contributed by atoms with E-state index in [9.17, 15) is 26.3 Å². The Hall–Kier alpha value is -2.68. The van der Waals surface area contributed by atoms with Gasteiger partial charge in [0.2, 0.25) is 5.95 Å². The van der Waals surface area contributed by atoms with Crippen molar-refractivity contribution in [2.75, 3.05) is 37.7 Å². The summed E-state index contributed by atoms with van der Waals surface area (Å²) in [6.07, 6.45) is -1.48. The van der Waals surface area contributed by atoms with E-state index in [2.05, 4.69) is 19.8 Å². The number of halogens is 6. The predicted octanol–water partition coefficient (Wildman–Crippen LogP) is 2.82. The smallest absolute Gasteiger partial charge is 0.475 e. The van der Waals surface area contributed by atoms with Gasteiger partial charge in [0.1, 0.15) is 0 Å². The van der Waals surface area contributed by atoms with E-state index in [1.54, 1.807) is 0 Å². The number of aromatic nitrogens is 2. The number of anilines is 1. The zero-order valence-electron chi connectivity index (χ0n) is 18.5. The van der Waals surface area contributed by atoms with Crippen molar-refractivity contribution < 1.29 is 50.9 Å². The Morgan fingerprint density at radius 2 is 1.37 bits per heavy atom. The molecule has 35 heavy (non-hydrogen) atoms. The minimum Gasteiger partial charge on any atom is -0.475 e. The third kappa shape index (κ3) is 8.80. The van der Waals surface area contributed by atoms with Crippen molar-refractivity contribution in [1.29, 1.82) is 0 Å². The largest absolute Gasteiger partial charge is 0.490 e. The number of hydrogen-bond donors (Lipinski definition) is 2. The average molecular weight is 516 g/mol. The average Bonchev–Trinajstić information content (AvgIpc) is 3.38. The van der Waals surface area contributed by atoms with E-state index >= 15 is 0 Å². The number of aliphatic carboxylic acids is 2. The van der Waals surface area contributed by atoms with Gasteiger partial charge in [-0.25, -0.2) is 19.6 Å². The summed E-state index contributed by atoms with van der Waals surface area (Å²) < 4.78 is 69.0. The van der Waals surface area contributed by atoms with E-state index in [1.807, 2.05) is 18.5 Å². The number of carbonyl (C=O) groups is 2. The second-order valence-corrected chi connectivity index (χ2v) is 8.11. The Balaban J connectivity index is 0.000000257. The highest BCUT2D eigenvalue weighted by atomic mass is 19.4. The summed E-state index contributed by atoms with van der Waals surface area (Å²) in [5, 5.41) is 14.2. The highest BCUT2D eigenvalue weighted by Crippen LogP contribution is 2.34. The lowest BCUT2D eigenvalue weighted by Crippen LogP contribution is -2.40. The van der Waals surface area contributed by atoms with Gasteiger partial charge in [-0.1, -0.05) is 0 Å². The van der Waals surface area contributed by atoms with Crippen LogP contribution < -0.4 is 4.90 Å². The minimum absolute atomic E-state index is 0.618. The molecule has 0 amide bonds. The van der Waals surface area contributed by atoms with Gasteiger partial charge in [-0.15, -0.1) is 0 Å². The molecular formula is C20H26F6N4O5. The molecule has 4 heterocycles. The van der Waals surface area contributed by atoms with Gasteiger partial charge in [0, 0.05) is 57.3 Å². The van der Waals surface area contributed by atoms with Crippen LogP contribution in [-0.2, 0) is 14.3 Å². The zero-order chi connectivity index (χ0) is 26.2. The number of carboxylic acids is 2. The van der Waals surface area contributed by atoms with Crippen molar-refractivity contribution in [3.8, 4) is 0 Å². The fourth-order valence-corrected chi connectivity index (χ4v) is 4.25. The van der Waals surface area contributed by atoms with Crippen LogP contribution in [0.25, 0.3) is 0 Å². The normalized spacial score (nSPS) is 23.0. The van der Waals surface area contributed by atoms with Gasteiger partial charge in [-0.3, -0.25) is 4.90 Å². The first-order valence-electron chi connectivity index (χ1n) is 10.8. The van der Waals surface area contributed by atoms with E-state index in [0.29, 0.717) is 12.1 Å². The quantitative estimate of drug-likeness (QED) is 0.585. The molecule has 3 aliphatic heterocycles. The monoisotopic (exact) mass is 516 g/mol. The first-order chi connectivity index (χ1) is 16.3. The second-order valence-electron chi connectivity index (χ2n) is 8.11. The zero-order valence-corrected chi connectivity index (χ0v) is 18.5. The van der Waals surface area contributed by atoms with Crippen molar-refractivity contribution in [2.45, 2.75) is 50.1 Å². The predicted molar refractivity (Wildman–Crippen MR) is 109 cm³/mol. The molecule has 0 unspecified atom stereocenters. The number of ether oxygens (including phenoxy) is 1. The minimum atomic E-state index is -5.08. The summed E-state index contributed by atoms with van der Waals surface area (Å²) in [5.74, 6) is -3.77. The Bertz CT molecular complexity index is 796. The van der Waals surface area contributed by atoms with Gasteiger partial charge >= 0.3 is 24.3 Å². The lowest BCUT2D eigenvalue weighted by molar-refractivity contribution is -0.193. The molecule has 0 aliphatic carbocycles. The molecule has 1 aromatic heterocycles. The molecule has 15 heteroatoms. The summed E-state index contributed by atoms with van der Waals surface area (Å²) >= 11 is 0. The molecule has 0 aromatic carbocycles. The topological polar surface area (TPSA) is 116 Å². The Morgan fingerprint density at radius 1 is 0.886 bits per heavy atom. The number of alkyl halides is 6. The lowest BCUT2D eigenvalue weighted by Gasteiger charge is -2.30. The highest BCUT2D eigenvalue weighted by molar-refractivity contribution is 5.73. The number of likely N-dealkylation sites (tertiary alicyclic amines) is 1. The third-order valence-corrected chi connectivity index (χ3v) is 5.82. The summed E-state index contributed by atoms with van der Waals surface area (Å²) in [4.78, 5) is 31.8. The molecule has 0 bridgehead atoms. The van der Waals surface area contributed by atoms with Gasteiger partial charge in [-0.2, -0.15) is 26.3 Å². The van der Waals surface area contributed by atoms with Crippen LogP contribution in [0, 0.1) is 5.92 Å². The number of hydrogen-bond acceptors (Lipinski definition) is 7. The molecule has 9 nitrogen and oxygen atoms in total. The van der Waals surface area contributed by atoms with Gasteiger partial charge in [0.15, 0.2) is 0 Å². The van der Waals surface area contributed by atoms with Crippen LogP contribution in [0.4, 0.5) is 32.3 Å². The van der Waals surface area contributed by atoms with Gasteiger partial charge in [0.25, 0.3) is 0 Å². The van der Waals surface area contributed by atoms with Gasteiger partial charge < -0.3 is 19.8 Å². The molecule has 3 saturated heterocycles. The molecule has 1 aromatic rings. The maximum Gasteiger partial charge on any atom is 0.490 e. The molecule has 0 radical (unpaired) electrons. The molecule has 2 N–H and O–H groups in total. The fraction of sp³-hybridized carbons (Fsp3) is 0.700. The number of rotatable bonds is 3. The molecular weight excluding hydrogens is 490 g/mol. The van der Waals surface area contributed by atoms with E-state index in [0.717, 1.165) is 31.6 Å². The molecule has 4 rings (SSSR count). The maximum absolute atomic E-state index is 10.6. The summed E-state index contributed by atoms with van der Waals surface area (Å²) in [7, 11) is 0. The second kappa shape index (κ2) is 12.3. The van der Waals surface area contributed by atoms with Crippen molar-refractivity contribution >= 4 is 17.9 Å². The maximum atomic E-state index is 10.6.